The lowest BCUT2D eigenvalue weighted by molar-refractivity contribution is -0.000452. The predicted octanol–water partition coefficient (Wildman–Crippen LogP) is 4.52. The Bertz CT molecular complexity index is 770. The van der Waals surface area contributed by atoms with Gasteiger partial charge in [0.2, 0.25) is 0 Å². The molecule has 2 heterocycles. The van der Waals surface area contributed by atoms with Crippen molar-refractivity contribution in [3.05, 3.63) is 36.2 Å². The fourth-order valence-electron chi connectivity index (χ4n) is 6.90. The maximum absolute atomic E-state index is 10.1. The number of hydrogen-bond donors (Lipinski definition) is 1. The summed E-state index contributed by atoms with van der Waals surface area (Å²) in [6, 6.07) is 4.28. The second kappa shape index (κ2) is 5.76. The van der Waals surface area contributed by atoms with Gasteiger partial charge in [0.1, 0.15) is 0 Å². The standard InChI is InChI=1S/C23H30N2O/c1-22-10-8-20-17(14-25-21-12-16(26)7-9-23(20,21)2)19(22)6-5-18(22)15-4-3-11-24-13-15/h3-5,11,13,16-17,19-20,26H,6-10,12,14H2,1-2H3/t16?,17-,19-,20-,22+,23+/m0/s1. The lowest BCUT2D eigenvalue weighted by atomic mass is 9.49. The number of aliphatic hydroxyl groups is 1. The number of aromatic nitrogens is 1. The summed E-state index contributed by atoms with van der Waals surface area (Å²) in [4.78, 5) is 9.43. The van der Waals surface area contributed by atoms with Gasteiger partial charge >= 0.3 is 0 Å². The summed E-state index contributed by atoms with van der Waals surface area (Å²) in [5.74, 6) is 2.12. The van der Waals surface area contributed by atoms with Crippen molar-refractivity contribution in [2.24, 2.45) is 33.6 Å². The van der Waals surface area contributed by atoms with Gasteiger partial charge in [0.15, 0.2) is 0 Å². The molecule has 0 bridgehead atoms. The van der Waals surface area contributed by atoms with E-state index < -0.39 is 0 Å². The van der Waals surface area contributed by atoms with Crippen LogP contribution in [-0.4, -0.2) is 28.5 Å². The largest absolute Gasteiger partial charge is 0.393 e. The highest BCUT2D eigenvalue weighted by molar-refractivity contribution is 5.92. The zero-order valence-electron chi connectivity index (χ0n) is 16.0. The van der Waals surface area contributed by atoms with E-state index in [1.807, 2.05) is 12.4 Å². The van der Waals surface area contributed by atoms with E-state index >= 15 is 0 Å². The van der Waals surface area contributed by atoms with Crippen LogP contribution >= 0.6 is 0 Å². The Morgan fingerprint density at radius 3 is 2.77 bits per heavy atom. The summed E-state index contributed by atoms with van der Waals surface area (Å²) < 4.78 is 0. The summed E-state index contributed by atoms with van der Waals surface area (Å²) in [6.07, 6.45) is 12.8. The fourth-order valence-corrected chi connectivity index (χ4v) is 6.90. The van der Waals surface area contributed by atoms with Gasteiger partial charge in [-0.15, -0.1) is 0 Å². The van der Waals surface area contributed by atoms with Crippen molar-refractivity contribution >= 4 is 11.3 Å². The third-order valence-electron chi connectivity index (χ3n) is 8.39. The van der Waals surface area contributed by atoms with Crippen molar-refractivity contribution in [2.75, 3.05) is 6.54 Å². The maximum Gasteiger partial charge on any atom is 0.0592 e. The van der Waals surface area contributed by atoms with Crippen molar-refractivity contribution in [1.82, 2.24) is 4.98 Å². The van der Waals surface area contributed by atoms with Crippen molar-refractivity contribution < 1.29 is 5.11 Å². The number of fused-ring (bicyclic) bond motifs is 5. The molecule has 3 aliphatic carbocycles. The SMILES string of the molecule is C[C@]12CCC(O)CC1=NC[C@@H]1[C@@H]2CC[C@]2(C)C(c3cccnc3)=CC[C@@H]12. The van der Waals surface area contributed by atoms with Crippen LogP contribution in [0, 0.1) is 28.6 Å². The third kappa shape index (κ3) is 2.22. The Morgan fingerprint density at radius 2 is 1.96 bits per heavy atom. The number of nitrogens with zero attached hydrogens (tertiary/aromatic N) is 2. The predicted molar refractivity (Wildman–Crippen MR) is 105 cm³/mol. The summed E-state index contributed by atoms with van der Waals surface area (Å²) >= 11 is 0. The highest BCUT2D eigenvalue weighted by atomic mass is 16.3. The van der Waals surface area contributed by atoms with Crippen molar-refractivity contribution in [2.45, 2.75) is 58.5 Å². The molecule has 0 spiro atoms. The molecule has 0 aromatic carbocycles. The van der Waals surface area contributed by atoms with Crippen LogP contribution in [0.4, 0.5) is 0 Å². The van der Waals surface area contributed by atoms with Gasteiger partial charge in [-0.1, -0.05) is 26.0 Å². The number of hydrogen-bond acceptors (Lipinski definition) is 3. The molecular weight excluding hydrogens is 320 g/mol. The molecule has 0 saturated heterocycles. The molecule has 3 heteroatoms. The van der Waals surface area contributed by atoms with E-state index in [9.17, 15) is 5.11 Å². The Morgan fingerprint density at radius 1 is 1.12 bits per heavy atom. The summed E-state index contributed by atoms with van der Waals surface area (Å²) in [7, 11) is 0. The topological polar surface area (TPSA) is 45.5 Å². The molecule has 4 aliphatic rings. The molecule has 6 atom stereocenters. The van der Waals surface area contributed by atoms with Gasteiger partial charge in [-0.25, -0.2) is 0 Å². The Labute approximate surface area is 156 Å². The molecular formula is C23H30N2O. The monoisotopic (exact) mass is 350 g/mol. The zero-order chi connectivity index (χ0) is 17.9. The first-order valence-corrected chi connectivity index (χ1v) is 10.4. The molecule has 1 unspecified atom stereocenters. The van der Waals surface area contributed by atoms with Crippen LogP contribution in [0.1, 0.15) is 57.9 Å². The smallest absolute Gasteiger partial charge is 0.0592 e. The molecule has 1 aromatic rings. The zero-order valence-corrected chi connectivity index (χ0v) is 16.0. The Kier molecular flexibility index (Phi) is 3.69. The molecule has 2 saturated carbocycles. The maximum atomic E-state index is 10.1. The van der Waals surface area contributed by atoms with Gasteiger partial charge < -0.3 is 5.11 Å². The van der Waals surface area contributed by atoms with E-state index in [1.54, 1.807) is 0 Å². The molecule has 2 fully saturated rings. The number of aliphatic imine (C=N–C) groups is 1. The number of aliphatic hydroxyl groups excluding tert-OH is 1. The highest BCUT2D eigenvalue weighted by Gasteiger charge is 2.57. The second-order valence-corrected chi connectivity index (χ2v) is 9.53. The molecule has 3 nitrogen and oxygen atoms in total. The Hall–Kier alpha value is -1.48. The quantitative estimate of drug-likeness (QED) is 0.809. The van der Waals surface area contributed by atoms with Crippen molar-refractivity contribution in [3.8, 4) is 0 Å². The highest BCUT2D eigenvalue weighted by Crippen LogP contribution is 2.63. The van der Waals surface area contributed by atoms with Gasteiger partial charge in [0, 0.05) is 36.5 Å². The summed E-state index contributed by atoms with van der Waals surface area (Å²) in [5, 5.41) is 10.1. The summed E-state index contributed by atoms with van der Waals surface area (Å²) in [5.41, 5.74) is 4.64. The van der Waals surface area contributed by atoms with Crippen LogP contribution < -0.4 is 0 Å². The summed E-state index contributed by atoms with van der Waals surface area (Å²) in [6.45, 7) is 5.91. The van der Waals surface area contributed by atoms with Crippen LogP contribution in [0.3, 0.4) is 0 Å². The van der Waals surface area contributed by atoms with Crippen molar-refractivity contribution in [1.29, 1.82) is 0 Å². The number of rotatable bonds is 1. The van der Waals surface area contributed by atoms with E-state index in [1.165, 1.54) is 36.1 Å². The molecule has 26 heavy (non-hydrogen) atoms. The molecule has 1 aliphatic heterocycles. The molecule has 0 radical (unpaired) electrons. The minimum atomic E-state index is -0.169. The van der Waals surface area contributed by atoms with Crippen LogP contribution in [0.5, 0.6) is 0 Å². The van der Waals surface area contributed by atoms with Gasteiger partial charge in [-0.05, 0) is 72.5 Å². The number of allylic oxidation sites excluding steroid dienone is 2. The average Bonchev–Trinajstić information content (AvgIpc) is 3.00. The van der Waals surface area contributed by atoms with Gasteiger partial charge in [-0.3, -0.25) is 9.98 Å². The van der Waals surface area contributed by atoms with E-state index in [-0.39, 0.29) is 16.9 Å². The van der Waals surface area contributed by atoms with E-state index in [2.05, 4.69) is 37.0 Å². The minimum absolute atomic E-state index is 0.169. The molecule has 1 N–H and O–H groups in total. The van der Waals surface area contributed by atoms with E-state index in [4.69, 9.17) is 4.99 Å². The number of pyridine rings is 1. The first-order valence-electron chi connectivity index (χ1n) is 10.4. The van der Waals surface area contributed by atoms with Crippen molar-refractivity contribution in [3.63, 3.8) is 0 Å². The first-order chi connectivity index (χ1) is 12.5. The van der Waals surface area contributed by atoms with Crippen LogP contribution in [0.15, 0.2) is 35.6 Å². The van der Waals surface area contributed by atoms with Gasteiger partial charge in [0.25, 0.3) is 0 Å². The lowest BCUT2D eigenvalue weighted by Gasteiger charge is -2.57. The van der Waals surface area contributed by atoms with E-state index in [0.717, 1.165) is 31.7 Å². The normalized spacial score (nSPS) is 44.4. The van der Waals surface area contributed by atoms with Crippen LogP contribution in [0.25, 0.3) is 5.57 Å². The molecule has 1 aromatic heterocycles. The first kappa shape index (κ1) is 16.7. The minimum Gasteiger partial charge on any atom is -0.393 e. The lowest BCUT2D eigenvalue weighted by Crippen LogP contribution is -2.54. The molecule has 138 valence electrons. The second-order valence-electron chi connectivity index (χ2n) is 9.53. The van der Waals surface area contributed by atoms with Gasteiger partial charge in [0.05, 0.1) is 6.10 Å². The van der Waals surface area contributed by atoms with Gasteiger partial charge in [-0.2, -0.15) is 0 Å². The molecule has 5 rings (SSSR count). The molecule has 0 amide bonds. The average molecular weight is 351 g/mol. The fraction of sp³-hybridized carbons (Fsp3) is 0.652. The Balaban J connectivity index is 1.48. The van der Waals surface area contributed by atoms with Crippen LogP contribution in [0.2, 0.25) is 0 Å². The third-order valence-corrected chi connectivity index (χ3v) is 8.39. The van der Waals surface area contributed by atoms with Crippen LogP contribution in [-0.2, 0) is 0 Å². The van der Waals surface area contributed by atoms with E-state index in [0.29, 0.717) is 11.8 Å².